The molecular weight excluding hydrogens is 328 g/mol. The maximum absolute atomic E-state index is 12.7. The van der Waals surface area contributed by atoms with Gasteiger partial charge in [-0.1, -0.05) is 19.3 Å². The third-order valence-corrected chi connectivity index (χ3v) is 5.44. The Kier molecular flexibility index (Phi) is 5.13. The molecule has 7 heteroatoms. The molecule has 0 aromatic carbocycles. The summed E-state index contributed by atoms with van der Waals surface area (Å²) < 4.78 is 1.69. The zero-order valence-electron chi connectivity index (χ0n) is 15.0. The first-order valence-corrected chi connectivity index (χ1v) is 9.69. The first kappa shape index (κ1) is 17.0. The van der Waals surface area contributed by atoms with Gasteiger partial charge in [-0.25, -0.2) is 4.68 Å². The Balaban J connectivity index is 1.37. The highest BCUT2D eigenvalue weighted by Gasteiger charge is 2.28. The number of rotatable bonds is 4. The Morgan fingerprint density at radius 3 is 2.58 bits per heavy atom. The number of nitrogens with zero attached hydrogens (tertiary/aromatic N) is 5. The van der Waals surface area contributed by atoms with E-state index in [-0.39, 0.29) is 11.8 Å². The second kappa shape index (κ2) is 7.85. The topological polar surface area (TPSA) is 75.9 Å². The van der Waals surface area contributed by atoms with E-state index in [1.807, 2.05) is 24.4 Å². The summed E-state index contributed by atoms with van der Waals surface area (Å²) in [6.07, 6.45) is 11.5. The molecular formula is C19H26N6O. The van der Waals surface area contributed by atoms with Gasteiger partial charge in [-0.2, -0.15) is 5.10 Å². The van der Waals surface area contributed by atoms with E-state index in [2.05, 4.69) is 25.5 Å². The monoisotopic (exact) mass is 354 g/mol. The fraction of sp³-hybridized carbons (Fsp3) is 0.579. The van der Waals surface area contributed by atoms with E-state index in [1.165, 1.54) is 19.3 Å². The van der Waals surface area contributed by atoms with E-state index < -0.39 is 0 Å². The zero-order chi connectivity index (χ0) is 17.8. The maximum atomic E-state index is 12.7. The molecule has 0 unspecified atom stereocenters. The molecule has 2 aromatic rings. The molecule has 1 aliphatic carbocycles. The first-order chi connectivity index (χ1) is 12.8. The normalized spacial score (nSPS) is 21.5. The molecule has 3 heterocycles. The van der Waals surface area contributed by atoms with Crippen molar-refractivity contribution in [1.29, 1.82) is 0 Å². The van der Waals surface area contributed by atoms with Gasteiger partial charge in [0.2, 0.25) is 5.91 Å². The fourth-order valence-electron chi connectivity index (χ4n) is 3.98. The summed E-state index contributed by atoms with van der Waals surface area (Å²) in [5, 5.41) is 16.1. The van der Waals surface area contributed by atoms with Crippen molar-refractivity contribution in [3.05, 3.63) is 30.6 Å². The molecule has 0 radical (unpaired) electrons. The predicted octanol–water partition coefficient (Wildman–Crippen LogP) is 2.33. The molecule has 1 amide bonds. The number of aromatic nitrogens is 4. The van der Waals surface area contributed by atoms with E-state index in [4.69, 9.17) is 0 Å². The molecule has 1 aliphatic heterocycles. The van der Waals surface area contributed by atoms with E-state index in [0.717, 1.165) is 38.0 Å². The van der Waals surface area contributed by atoms with Gasteiger partial charge in [0.05, 0.1) is 5.92 Å². The highest BCUT2D eigenvalue weighted by Crippen LogP contribution is 2.23. The second-order valence-corrected chi connectivity index (χ2v) is 7.33. The minimum absolute atomic E-state index is 0.0401. The number of hydrogen-bond donors (Lipinski definition) is 1. The van der Waals surface area contributed by atoms with Crippen LogP contribution in [0.5, 0.6) is 0 Å². The van der Waals surface area contributed by atoms with Crippen LogP contribution in [0.4, 0.5) is 5.82 Å². The van der Waals surface area contributed by atoms with Gasteiger partial charge >= 0.3 is 0 Å². The van der Waals surface area contributed by atoms with Crippen molar-refractivity contribution in [3.8, 4) is 5.82 Å². The summed E-state index contributed by atoms with van der Waals surface area (Å²) in [6.45, 7) is 1.64. The van der Waals surface area contributed by atoms with Gasteiger partial charge in [-0.3, -0.25) is 4.79 Å². The number of carbonyl (C=O) groups is 1. The Hall–Kier alpha value is -2.44. The lowest BCUT2D eigenvalue weighted by molar-refractivity contribution is -0.126. The average molecular weight is 354 g/mol. The van der Waals surface area contributed by atoms with Crippen LogP contribution in [0.3, 0.4) is 0 Å². The zero-order valence-corrected chi connectivity index (χ0v) is 15.0. The summed E-state index contributed by atoms with van der Waals surface area (Å²) in [5.74, 6) is 1.78. The quantitative estimate of drug-likeness (QED) is 0.912. The van der Waals surface area contributed by atoms with E-state index in [1.54, 1.807) is 10.9 Å². The number of piperidine rings is 1. The average Bonchev–Trinajstić information content (AvgIpc) is 3.24. The van der Waals surface area contributed by atoms with Gasteiger partial charge in [-0.05, 0) is 43.9 Å². The maximum Gasteiger partial charge on any atom is 0.225 e. The summed E-state index contributed by atoms with van der Waals surface area (Å²) in [4.78, 5) is 14.8. The smallest absolute Gasteiger partial charge is 0.225 e. The molecule has 7 nitrogen and oxygen atoms in total. The van der Waals surface area contributed by atoms with Crippen LogP contribution in [0.1, 0.15) is 44.9 Å². The van der Waals surface area contributed by atoms with Crippen molar-refractivity contribution in [2.45, 2.75) is 51.0 Å². The largest absolute Gasteiger partial charge is 0.354 e. The SMILES string of the molecule is O=C(NC1CCCCC1)[C@H]1CCCN(c2ccc(-n3cccn3)nn2)C1. The lowest BCUT2D eigenvalue weighted by atomic mass is 9.93. The Labute approximate surface area is 153 Å². The molecule has 1 atom stereocenters. The van der Waals surface area contributed by atoms with Gasteiger partial charge in [0, 0.05) is 31.5 Å². The number of anilines is 1. The van der Waals surface area contributed by atoms with Crippen LogP contribution in [0.25, 0.3) is 5.82 Å². The summed E-state index contributed by atoms with van der Waals surface area (Å²) in [6, 6.07) is 6.11. The molecule has 0 spiro atoms. The van der Waals surface area contributed by atoms with Crippen molar-refractivity contribution >= 4 is 11.7 Å². The third-order valence-electron chi connectivity index (χ3n) is 5.44. The highest BCUT2D eigenvalue weighted by atomic mass is 16.2. The van der Waals surface area contributed by atoms with Crippen LogP contribution in [0, 0.1) is 5.92 Å². The van der Waals surface area contributed by atoms with Crippen LogP contribution in [-0.2, 0) is 4.79 Å². The van der Waals surface area contributed by atoms with Crippen molar-refractivity contribution in [1.82, 2.24) is 25.3 Å². The fourth-order valence-corrected chi connectivity index (χ4v) is 3.98. The van der Waals surface area contributed by atoms with Crippen LogP contribution in [0.15, 0.2) is 30.6 Å². The van der Waals surface area contributed by atoms with Crippen molar-refractivity contribution in [2.75, 3.05) is 18.0 Å². The molecule has 0 bridgehead atoms. The van der Waals surface area contributed by atoms with Gasteiger partial charge in [-0.15, -0.1) is 10.2 Å². The van der Waals surface area contributed by atoms with Gasteiger partial charge in [0.1, 0.15) is 0 Å². The molecule has 1 saturated carbocycles. The standard InChI is InChI=1S/C19H26N6O/c26-19(21-16-7-2-1-3-8-16)15-6-4-12-24(14-15)17-9-10-18(23-22-17)25-13-5-11-20-25/h5,9-11,13,15-16H,1-4,6-8,12,14H2,(H,21,26)/t15-/m0/s1. The number of nitrogens with one attached hydrogen (secondary N) is 1. The first-order valence-electron chi connectivity index (χ1n) is 9.69. The molecule has 4 rings (SSSR count). The number of hydrogen-bond acceptors (Lipinski definition) is 5. The van der Waals surface area contributed by atoms with Gasteiger partial charge < -0.3 is 10.2 Å². The minimum atomic E-state index is 0.0401. The lowest BCUT2D eigenvalue weighted by Gasteiger charge is -2.34. The van der Waals surface area contributed by atoms with Gasteiger partial charge in [0.15, 0.2) is 11.6 Å². The van der Waals surface area contributed by atoms with Gasteiger partial charge in [0.25, 0.3) is 0 Å². The van der Waals surface area contributed by atoms with E-state index in [9.17, 15) is 4.79 Å². The third kappa shape index (κ3) is 3.86. The number of carbonyl (C=O) groups excluding carboxylic acids is 1. The second-order valence-electron chi connectivity index (χ2n) is 7.33. The molecule has 1 N–H and O–H groups in total. The minimum Gasteiger partial charge on any atom is -0.354 e. The summed E-state index contributed by atoms with van der Waals surface area (Å²) in [7, 11) is 0. The Morgan fingerprint density at radius 1 is 1.04 bits per heavy atom. The summed E-state index contributed by atoms with van der Waals surface area (Å²) >= 11 is 0. The number of amides is 1. The molecule has 2 aliphatic rings. The lowest BCUT2D eigenvalue weighted by Crippen LogP contribution is -2.46. The van der Waals surface area contributed by atoms with Crippen molar-refractivity contribution in [2.24, 2.45) is 5.92 Å². The van der Waals surface area contributed by atoms with Crippen LogP contribution < -0.4 is 10.2 Å². The van der Waals surface area contributed by atoms with Crippen LogP contribution >= 0.6 is 0 Å². The molecule has 26 heavy (non-hydrogen) atoms. The van der Waals surface area contributed by atoms with E-state index in [0.29, 0.717) is 18.4 Å². The highest BCUT2D eigenvalue weighted by molar-refractivity contribution is 5.79. The molecule has 1 saturated heterocycles. The summed E-state index contributed by atoms with van der Waals surface area (Å²) in [5.41, 5.74) is 0. The Morgan fingerprint density at radius 2 is 1.85 bits per heavy atom. The molecule has 2 fully saturated rings. The van der Waals surface area contributed by atoms with Crippen molar-refractivity contribution in [3.63, 3.8) is 0 Å². The Bertz CT molecular complexity index is 708. The van der Waals surface area contributed by atoms with E-state index >= 15 is 0 Å². The van der Waals surface area contributed by atoms with Crippen molar-refractivity contribution < 1.29 is 4.79 Å². The predicted molar refractivity (Wildman–Crippen MR) is 99.1 cm³/mol. The molecule has 138 valence electrons. The van der Waals surface area contributed by atoms with Crippen LogP contribution in [0.2, 0.25) is 0 Å². The molecule has 2 aromatic heterocycles. The van der Waals surface area contributed by atoms with Crippen LogP contribution in [-0.4, -0.2) is 45.0 Å².